The van der Waals surface area contributed by atoms with Crippen LogP contribution in [0.5, 0.6) is 0 Å². The maximum Gasteiger partial charge on any atom is 0.251 e. The van der Waals surface area contributed by atoms with Crippen LogP contribution in [0.3, 0.4) is 0 Å². The van der Waals surface area contributed by atoms with E-state index in [1.807, 2.05) is 45.3 Å². The van der Waals surface area contributed by atoms with E-state index in [9.17, 15) is 9.59 Å². The molecule has 28 heavy (non-hydrogen) atoms. The van der Waals surface area contributed by atoms with E-state index in [1.54, 1.807) is 11.8 Å². The van der Waals surface area contributed by atoms with Gasteiger partial charge in [0.05, 0.1) is 5.25 Å². The number of benzene rings is 1. The van der Waals surface area contributed by atoms with Crippen molar-refractivity contribution in [3.8, 4) is 0 Å². The SMILES string of the molecule is CCSC(C(=O)NCCCC(C)NC(=O)c1ccc(CN(C)C)cc1)C(C)C. The van der Waals surface area contributed by atoms with Crippen LogP contribution in [0.2, 0.25) is 0 Å². The number of carbonyl (C=O) groups is 2. The van der Waals surface area contributed by atoms with Crippen LogP contribution in [0.4, 0.5) is 0 Å². The van der Waals surface area contributed by atoms with Gasteiger partial charge in [0.15, 0.2) is 0 Å². The van der Waals surface area contributed by atoms with Gasteiger partial charge in [-0.3, -0.25) is 9.59 Å². The minimum atomic E-state index is -0.0489. The highest BCUT2D eigenvalue weighted by molar-refractivity contribution is 8.00. The summed E-state index contributed by atoms with van der Waals surface area (Å²) in [6.45, 7) is 9.75. The molecule has 0 aliphatic heterocycles. The van der Waals surface area contributed by atoms with E-state index in [4.69, 9.17) is 0 Å². The molecule has 0 aromatic heterocycles. The average molecular weight is 408 g/mol. The van der Waals surface area contributed by atoms with Gasteiger partial charge in [-0.2, -0.15) is 0 Å². The van der Waals surface area contributed by atoms with E-state index < -0.39 is 0 Å². The number of hydrogen-bond acceptors (Lipinski definition) is 4. The minimum absolute atomic E-state index is 0.0117. The molecule has 0 fully saturated rings. The lowest BCUT2D eigenvalue weighted by Gasteiger charge is -2.19. The maximum atomic E-state index is 12.4. The first-order valence-electron chi connectivity index (χ1n) is 10.2. The zero-order chi connectivity index (χ0) is 21.1. The van der Waals surface area contributed by atoms with E-state index >= 15 is 0 Å². The van der Waals surface area contributed by atoms with Crippen molar-refractivity contribution in [1.29, 1.82) is 0 Å². The third-order valence-electron chi connectivity index (χ3n) is 4.42. The number of nitrogens with one attached hydrogen (secondary N) is 2. The van der Waals surface area contributed by atoms with E-state index in [1.165, 1.54) is 5.56 Å². The van der Waals surface area contributed by atoms with Crippen LogP contribution in [0, 0.1) is 5.92 Å². The summed E-state index contributed by atoms with van der Waals surface area (Å²) >= 11 is 1.70. The molecule has 0 bridgehead atoms. The van der Waals surface area contributed by atoms with Gasteiger partial charge in [0.2, 0.25) is 5.91 Å². The summed E-state index contributed by atoms with van der Waals surface area (Å²) in [7, 11) is 4.05. The van der Waals surface area contributed by atoms with Crippen LogP contribution >= 0.6 is 11.8 Å². The lowest BCUT2D eigenvalue weighted by atomic mass is 10.1. The summed E-state index contributed by atoms with van der Waals surface area (Å²) in [6.07, 6.45) is 1.68. The molecule has 5 nitrogen and oxygen atoms in total. The fourth-order valence-electron chi connectivity index (χ4n) is 2.98. The molecule has 0 saturated carbocycles. The molecule has 6 heteroatoms. The van der Waals surface area contributed by atoms with E-state index in [-0.39, 0.29) is 23.1 Å². The molecule has 0 saturated heterocycles. The predicted octanol–water partition coefficient (Wildman–Crippen LogP) is 3.54. The molecule has 0 radical (unpaired) electrons. The summed E-state index contributed by atoms with van der Waals surface area (Å²) < 4.78 is 0. The number of nitrogens with zero attached hydrogens (tertiary/aromatic N) is 1. The van der Waals surface area contributed by atoms with Gasteiger partial charge in [0.25, 0.3) is 5.91 Å². The van der Waals surface area contributed by atoms with Crippen molar-refractivity contribution < 1.29 is 9.59 Å². The Hall–Kier alpha value is -1.53. The molecule has 0 aliphatic rings. The normalized spacial score (nSPS) is 13.4. The van der Waals surface area contributed by atoms with Crippen LogP contribution < -0.4 is 10.6 Å². The third-order valence-corrected chi connectivity index (χ3v) is 5.87. The quantitative estimate of drug-likeness (QED) is 0.520. The number of amides is 2. The topological polar surface area (TPSA) is 61.4 Å². The molecule has 1 aromatic rings. The van der Waals surface area contributed by atoms with Gasteiger partial charge in [-0.25, -0.2) is 0 Å². The van der Waals surface area contributed by atoms with Crippen molar-refractivity contribution in [2.75, 3.05) is 26.4 Å². The van der Waals surface area contributed by atoms with Gasteiger partial charge in [-0.05, 0) is 63.2 Å². The second kappa shape index (κ2) is 12.8. The molecule has 0 aliphatic carbocycles. The second-order valence-corrected chi connectivity index (χ2v) is 9.28. The number of carbonyl (C=O) groups excluding carboxylic acids is 2. The Morgan fingerprint density at radius 1 is 1.11 bits per heavy atom. The molecular formula is C22H37N3O2S. The van der Waals surface area contributed by atoms with Crippen LogP contribution in [-0.4, -0.2) is 54.4 Å². The first-order chi connectivity index (χ1) is 13.2. The fraction of sp³-hybridized carbons (Fsp3) is 0.636. The highest BCUT2D eigenvalue weighted by Crippen LogP contribution is 2.19. The lowest BCUT2D eigenvalue weighted by molar-refractivity contribution is -0.121. The van der Waals surface area contributed by atoms with Gasteiger partial charge in [-0.1, -0.05) is 32.9 Å². The summed E-state index contributed by atoms with van der Waals surface area (Å²) in [4.78, 5) is 26.7. The molecule has 2 atom stereocenters. The Kier molecular flexibility index (Phi) is 11.2. The van der Waals surface area contributed by atoms with Crippen molar-refractivity contribution in [2.45, 2.75) is 58.4 Å². The van der Waals surface area contributed by atoms with Crippen molar-refractivity contribution in [1.82, 2.24) is 15.5 Å². The number of thioether (sulfide) groups is 1. The van der Waals surface area contributed by atoms with Gasteiger partial charge < -0.3 is 15.5 Å². The van der Waals surface area contributed by atoms with Crippen LogP contribution in [0.25, 0.3) is 0 Å². The van der Waals surface area contributed by atoms with Crippen molar-refractivity contribution in [2.24, 2.45) is 5.92 Å². The average Bonchev–Trinajstić information content (AvgIpc) is 2.62. The molecule has 2 unspecified atom stereocenters. The standard InChI is InChI=1S/C22H37N3O2S/c1-7-28-20(16(2)3)22(27)23-14-8-9-17(4)24-21(26)19-12-10-18(11-13-19)15-25(5)6/h10-13,16-17,20H,7-9,14-15H2,1-6H3,(H,23,27)(H,24,26). The molecule has 158 valence electrons. The lowest BCUT2D eigenvalue weighted by Crippen LogP contribution is -2.37. The Labute approximate surface area is 175 Å². The molecule has 1 rings (SSSR count). The van der Waals surface area contributed by atoms with Gasteiger partial charge in [0, 0.05) is 24.7 Å². The van der Waals surface area contributed by atoms with Crippen molar-refractivity contribution >= 4 is 23.6 Å². The smallest absolute Gasteiger partial charge is 0.251 e. The fourth-order valence-corrected chi connectivity index (χ4v) is 3.96. The monoisotopic (exact) mass is 407 g/mol. The molecule has 2 N–H and O–H groups in total. The van der Waals surface area contributed by atoms with E-state index in [0.29, 0.717) is 18.0 Å². The molecule has 2 amide bonds. The van der Waals surface area contributed by atoms with Gasteiger partial charge in [0.1, 0.15) is 0 Å². The van der Waals surface area contributed by atoms with Crippen LogP contribution in [0.1, 0.15) is 56.5 Å². The van der Waals surface area contributed by atoms with Crippen molar-refractivity contribution in [3.63, 3.8) is 0 Å². The highest BCUT2D eigenvalue weighted by Gasteiger charge is 2.21. The Morgan fingerprint density at radius 2 is 1.75 bits per heavy atom. The predicted molar refractivity (Wildman–Crippen MR) is 120 cm³/mol. The highest BCUT2D eigenvalue weighted by atomic mass is 32.2. The van der Waals surface area contributed by atoms with Gasteiger partial charge in [-0.15, -0.1) is 11.8 Å². The molecule has 1 aromatic carbocycles. The van der Waals surface area contributed by atoms with Crippen LogP contribution in [0.15, 0.2) is 24.3 Å². The minimum Gasteiger partial charge on any atom is -0.355 e. The first kappa shape index (κ1) is 24.5. The second-order valence-electron chi connectivity index (χ2n) is 7.86. The van der Waals surface area contributed by atoms with Gasteiger partial charge >= 0.3 is 0 Å². The summed E-state index contributed by atoms with van der Waals surface area (Å²) in [5.74, 6) is 1.34. The zero-order valence-corrected chi connectivity index (χ0v) is 19.1. The third kappa shape index (κ3) is 9.11. The Bertz CT molecular complexity index is 602. The summed E-state index contributed by atoms with van der Waals surface area (Å²) in [5, 5.41) is 6.09. The molecule has 0 heterocycles. The molecular weight excluding hydrogens is 370 g/mol. The zero-order valence-electron chi connectivity index (χ0n) is 18.2. The molecule has 0 spiro atoms. The van der Waals surface area contributed by atoms with E-state index in [0.717, 1.165) is 25.1 Å². The number of hydrogen-bond donors (Lipinski definition) is 2. The van der Waals surface area contributed by atoms with Crippen LogP contribution in [-0.2, 0) is 11.3 Å². The van der Waals surface area contributed by atoms with Crippen molar-refractivity contribution in [3.05, 3.63) is 35.4 Å². The summed E-state index contributed by atoms with van der Waals surface area (Å²) in [6, 6.07) is 7.80. The first-order valence-corrected chi connectivity index (χ1v) is 11.2. The maximum absolute atomic E-state index is 12.4. The Morgan fingerprint density at radius 3 is 2.29 bits per heavy atom. The Balaban J connectivity index is 2.35. The number of rotatable bonds is 12. The largest absolute Gasteiger partial charge is 0.355 e. The summed E-state index contributed by atoms with van der Waals surface area (Å²) in [5.41, 5.74) is 1.87. The van der Waals surface area contributed by atoms with E-state index in [2.05, 4.69) is 36.3 Å².